The molecule has 0 atom stereocenters. The minimum atomic E-state index is -0.494. The summed E-state index contributed by atoms with van der Waals surface area (Å²) >= 11 is 8.06. The zero-order valence-corrected chi connectivity index (χ0v) is 17.8. The van der Waals surface area contributed by atoms with E-state index in [0.717, 1.165) is 41.6 Å². The van der Waals surface area contributed by atoms with Crippen molar-refractivity contribution in [3.63, 3.8) is 0 Å². The minimum absolute atomic E-state index is 0.0564. The topological polar surface area (TPSA) is 97.4 Å². The zero-order valence-electron chi connectivity index (χ0n) is 16.2. The van der Waals surface area contributed by atoms with Gasteiger partial charge in [0.1, 0.15) is 5.02 Å². The van der Waals surface area contributed by atoms with Gasteiger partial charge in [0.2, 0.25) is 0 Å². The van der Waals surface area contributed by atoms with Crippen molar-refractivity contribution < 1.29 is 4.92 Å². The first-order valence-corrected chi connectivity index (χ1v) is 10.6. The molecule has 0 amide bonds. The fraction of sp³-hybridized carbons (Fsp3) is 0.316. The largest absolute Gasteiger partial charge is 0.367 e. The molecule has 3 heterocycles. The van der Waals surface area contributed by atoms with E-state index in [0.29, 0.717) is 17.9 Å². The lowest BCUT2D eigenvalue weighted by atomic mass is 10.3. The SMILES string of the molecule is Cc1csc(N2CCCN(c3cnn(-c4ccc([N+](=O)[O-])cc4)c(=O)c3Cl)CC2)n1. The maximum atomic E-state index is 12.8. The van der Waals surface area contributed by atoms with Crippen molar-refractivity contribution in [1.82, 2.24) is 14.8 Å². The summed E-state index contributed by atoms with van der Waals surface area (Å²) in [6.45, 7) is 5.09. The van der Waals surface area contributed by atoms with Crippen LogP contribution in [0.1, 0.15) is 12.1 Å². The molecular weight excluding hydrogens is 428 g/mol. The molecule has 1 aliphatic rings. The van der Waals surface area contributed by atoms with Crippen molar-refractivity contribution in [3.8, 4) is 5.69 Å². The number of nitrogens with zero attached hydrogens (tertiary/aromatic N) is 6. The molecule has 30 heavy (non-hydrogen) atoms. The predicted molar refractivity (Wildman–Crippen MR) is 117 cm³/mol. The number of nitro benzene ring substituents is 1. The van der Waals surface area contributed by atoms with Crippen LogP contribution in [0.15, 0.2) is 40.6 Å². The van der Waals surface area contributed by atoms with E-state index in [4.69, 9.17) is 11.6 Å². The van der Waals surface area contributed by atoms with Gasteiger partial charge in [-0.15, -0.1) is 11.3 Å². The molecule has 0 N–H and O–H groups in total. The van der Waals surface area contributed by atoms with Crippen molar-refractivity contribution in [3.05, 3.63) is 67.0 Å². The highest BCUT2D eigenvalue weighted by Gasteiger charge is 2.21. The third-order valence-corrected chi connectivity index (χ3v) is 6.29. The maximum absolute atomic E-state index is 12.8. The van der Waals surface area contributed by atoms with Gasteiger partial charge in [-0.1, -0.05) is 11.6 Å². The van der Waals surface area contributed by atoms with E-state index in [1.165, 1.54) is 24.3 Å². The molecule has 0 saturated carbocycles. The fourth-order valence-corrected chi connectivity index (χ4v) is 4.49. The normalized spacial score (nSPS) is 14.6. The number of hydrogen-bond donors (Lipinski definition) is 0. The summed E-state index contributed by atoms with van der Waals surface area (Å²) in [5, 5.41) is 18.2. The van der Waals surface area contributed by atoms with Crippen LogP contribution in [0.4, 0.5) is 16.5 Å². The second kappa shape index (κ2) is 8.41. The van der Waals surface area contributed by atoms with Crippen molar-refractivity contribution in [2.24, 2.45) is 0 Å². The number of rotatable bonds is 4. The molecule has 0 radical (unpaired) electrons. The molecule has 1 aromatic carbocycles. The van der Waals surface area contributed by atoms with Crippen LogP contribution >= 0.6 is 22.9 Å². The number of hydrogen-bond acceptors (Lipinski definition) is 8. The van der Waals surface area contributed by atoms with Gasteiger partial charge in [-0.25, -0.2) is 4.98 Å². The van der Waals surface area contributed by atoms with Gasteiger partial charge in [0.15, 0.2) is 5.13 Å². The number of nitro groups is 1. The number of benzene rings is 1. The van der Waals surface area contributed by atoms with Gasteiger partial charge in [-0.2, -0.15) is 9.78 Å². The van der Waals surface area contributed by atoms with Crippen LogP contribution in [-0.4, -0.2) is 45.9 Å². The van der Waals surface area contributed by atoms with Crippen LogP contribution in [0.2, 0.25) is 5.02 Å². The summed E-state index contributed by atoms with van der Waals surface area (Å²) in [6, 6.07) is 5.61. The first-order valence-electron chi connectivity index (χ1n) is 9.39. The Morgan fingerprint density at radius 2 is 1.83 bits per heavy atom. The molecule has 3 aromatic rings. The maximum Gasteiger partial charge on any atom is 0.292 e. The smallest absolute Gasteiger partial charge is 0.292 e. The Bertz CT molecular complexity index is 1130. The molecule has 1 fully saturated rings. The van der Waals surface area contributed by atoms with Crippen LogP contribution in [0.3, 0.4) is 0 Å². The monoisotopic (exact) mass is 446 g/mol. The third-order valence-electron chi connectivity index (χ3n) is 4.92. The molecule has 11 heteroatoms. The van der Waals surface area contributed by atoms with Gasteiger partial charge in [-0.3, -0.25) is 14.9 Å². The van der Waals surface area contributed by atoms with Crippen LogP contribution < -0.4 is 15.4 Å². The molecule has 0 unspecified atom stereocenters. The standard InChI is InChI=1S/C19H19ClN6O3S/c1-13-12-30-19(22-13)24-8-2-7-23(9-10-24)16-11-21-25(18(27)17(16)20)14-3-5-15(6-4-14)26(28)29/h3-6,11-12H,2,7-10H2,1H3. The Hall–Kier alpha value is -2.98. The van der Waals surface area contributed by atoms with Gasteiger partial charge >= 0.3 is 0 Å². The lowest BCUT2D eigenvalue weighted by Gasteiger charge is -2.24. The number of anilines is 2. The Balaban J connectivity index is 1.56. The van der Waals surface area contributed by atoms with E-state index < -0.39 is 10.5 Å². The number of halogens is 1. The van der Waals surface area contributed by atoms with Gasteiger partial charge in [0, 0.05) is 43.7 Å². The van der Waals surface area contributed by atoms with Crippen molar-refractivity contribution in [2.75, 3.05) is 36.0 Å². The number of thiazole rings is 1. The van der Waals surface area contributed by atoms with Crippen molar-refractivity contribution in [1.29, 1.82) is 0 Å². The lowest BCUT2D eigenvalue weighted by Crippen LogP contribution is -2.32. The molecule has 0 aliphatic carbocycles. The van der Waals surface area contributed by atoms with Crippen LogP contribution in [-0.2, 0) is 0 Å². The molecule has 1 aliphatic heterocycles. The molecule has 4 rings (SSSR count). The highest BCUT2D eigenvalue weighted by atomic mass is 35.5. The minimum Gasteiger partial charge on any atom is -0.367 e. The number of non-ortho nitro benzene ring substituents is 1. The average Bonchev–Trinajstić information content (AvgIpc) is 3.02. The van der Waals surface area contributed by atoms with E-state index >= 15 is 0 Å². The summed E-state index contributed by atoms with van der Waals surface area (Å²) in [6.07, 6.45) is 2.48. The Morgan fingerprint density at radius 1 is 1.13 bits per heavy atom. The van der Waals surface area contributed by atoms with Gasteiger partial charge in [0.25, 0.3) is 11.2 Å². The molecular formula is C19H19ClN6O3S. The van der Waals surface area contributed by atoms with Gasteiger partial charge < -0.3 is 9.80 Å². The average molecular weight is 447 g/mol. The summed E-state index contributed by atoms with van der Waals surface area (Å²) in [5.74, 6) is 0. The molecule has 9 nitrogen and oxygen atoms in total. The molecule has 2 aromatic heterocycles. The summed E-state index contributed by atoms with van der Waals surface area (Å²) < 4.78 is 1.15. The Kier molecular flexibility index (Phi) is 5.69. The molecule has 1 saturated heterocycles. The predicted octanol–water partition coefficient (Wildman–Crippen LogP) is 3.28. The second-order valence-electron chi connectivity index (χ2n) is 6.93. The Morgan fingerprint density at radius 3 is 2.50 bits per heavy atom. The first-order chi connectivity index (χ1) is 14.4. The zero-order chi connectivity index (χ0) is 21.3. The molecule has 0 spiro atoms. The number of aromatic nitrogens is 3. The van der Waals surface area contributed by atoms with Crippen LogP contribution in [0.5, 0.6) is 0 Å². The Labute approximate surface area is 181 Å². The van der Waals surface area contributed by atoms with Crippen molar-refractivity contribution >= 4 is 39.4 Å². The van der Waals surface area contributed by atoms with E-state index in [-0.39, 0.29) is 10.7 Å². The quantitative estimate of drug-likeness (QED) is 0.448. The second-order valence-corrected chi connectivity index (χ2v) is 8.15. The van der Waals surface area contributed by atoms with E-state index in [2.05, 4.69) is 19.9 Å². The van der Waals surface area contributed by atoms with E-state index in [1.807, 2.05) is 12.3 Å². The van der Waals surface area contributed by atoms with Gasteiger partial charge in [-0.05, 0) is 25.5 Å². The highest BCUT2D eigenvalue weighted by molar-refractivity contribution is 7.13. The van der Waals surface area contributed by atoms with Gasteiger partial charge in [0.05, 0.1) is 28.2 Å². The summed E-state index contributed by atoms with van der Waals surface area (Å²) in [7, 11) is 0. The third kappa shape index (κ3) is 4.01. The first kappa shape index (κ1) is 20.3. The summed E-state index contributed by atoms with van der Waals surface area (Å²) in [4.78, 5) is 32.0. The highest BCUT2D eigenvalue weighted by Crippen LogP contribution is 2.26. The molecule has 156 valence electrons. The fourth-order valence-electron chi connectivity index (χ4n) is 3.38. The molecule has 0 bridgehead atoms. The number of aryl methyl sites for hydroxylation is 1. The lowest BCUT2D eigenvalue weighted by molar-refractivity contribution is -0.384. The van der Waals surface area contributed by atoms with Crippen LogP contribution in [0, 0.1) is 17.0 Å². The summed E-state index contributed by atoms with van der Waals surface area (Å²) in [5.41, 5.74) is 1.51. The van der Waals surface area contributed by atoms with Crippen LogP contribution in [0.25, 0.3) is 5.69 Å². The van der Waals surface area contributed by atoms with Crippen molar-refractivity contribution in [2.45, 2.75) is 13.3 Å². The van der Waals surface area contributed by atoms with E-state index in [9.17, 15) is 14.9 Å². The van der Waals surface area contributed by atoms with E-state index in [1.54, 1.807) is 17.5 Å².